The number of rotatable bonds is 6. The first kappa shape index (κ1) is 15.0. The van der Waals surface area contributed by atoms with Gasteiger partial charge in [-0.2, -0.15) is 0 Å². The summed E-state index contributed by atoms with van der Waals surface area (Å²) in [6.07, 6.45) is 1.02. The average Bonchev–Trinajstić information content (AvgIpc) is 2.35. The lowest BCUT2D eigenvalue weighted by molar-refractivity contribution is -0.127. The van der Waals surface area contributed by atoms with Gasteiger partial charge in [0.15, 0.2) is 0 Å². The Morgan fingerprint density at radius 1 is 1.21 bits per heavy atom. The topological polar surface area (TPSA) is 98.2 Å². The molecular formula is C14H21N3O2. The lowest BCUT2D eigenvalue weighted by Crippen LogP contribution is -2.42. The molecule has 0 atom stereocenters. The molecule has 5 N–H and O–H groups in total. The highest BCUT2D eigenvalue weighted by Crippen LogP contribution is 2.12. The minimum atomic E-state index is -0.725. The predicted octanol–water partition coefficient (Wildman–Crippen LogP) is 0.829. The summed E-state index contributed by atoms with van der Waals surface area (Å²) >= 11 is 0. The van der Waals surface area contributed by atoms with Crippen molar-refractivity contribution in [2.45, 2.75) is 26.7 Å². The Hall–Kier alpha value is -2.04. The molecule has 0 bridgehead atoms. The molecule has 0 radical (unpaired) electrons. The van der Waals surface area contributed by atoms with E-state index in [9.17, 15) is 9.59 Å². The summed E-state index contributed by atoms with van der Waals surface area (Å²) in [5, 5.41) is 2.72. The Labute approximate surface area is 113 Å². The van der Waals surface area contributed by atoms with Crippen molar-refractivity contribution in [3.8, 4) is 0 Å². The van der Waals surface area contributed by atoms with Crippen molar-refractivity contribution < 1.29 is 9.59 Å². The van der Waals surface area contributed by atoms with E-state index in [1.807, 2.05) is 24.3 Å². The van der Waals surface area contributed by atoms with Crippen LogP contribution in [0.25, 0.3) is 0 Å². The molecule has 2 amide bonds. The van der Waals surface area contributed by atoms with E-state index in [1.165, 1.54) is 0 Å². The number of carbonyl (C=O) groups excluding carboxylic acids is 2. The van der Waals surface area contributed by atoms with Crippen LogP contribution in [0.1, 0.15) is 25.8 Å². The fourth-order valence-corrected chi connectivity index (χ4v) is 1.44. The van der Waals surface area contributed by atoms with Gasteiger partial charge in [0.1, 0.15) is 0 Å². The summed E-state index contributed by atoms with van der Waals surface area (Å²) in [5.41, 5.74) is 11.9. The van der Waals surface area contributed by atoms with Crippen molar-refractivity contribution in [1.82, 2.24) is 5.32 Å². The predicted molar refractivity (Wildman–Crippen MR) is 75.2 cm³/mol. The smallest absolute Gasteiger partial charge is 0.224 e. The SMILES string of the molecule is CC(C)(CNC(=O)CCc1ccc(N)cc1)C(N)=O. The number of anilines is 1. The summed E-state index contributed by atoms with van der Waals surface area (Å²) in [4.78, 5) is 22.8. The Morgan fingerprint density at radius 2 is 1.79 bits per heavy atom. The summed E-state index contributed by atoms with van der Waals surface area (Å²) in [6.45, 7) is 3.66. The molecular weight excluding hydrogens is 242 g/mol. The van der Waals surface area contributed by atoms with Crippen molar-refractivity contribution in [1.29, 1.82) is 0 Å². The molecule has 0 saturated heterocycles. The molecule has 0 aromatic heterocycles. The minimum absolute atomic E-state index is 0.0915. The lowest BCUT2D eigenvalue weighted by atomic mass is 9.93. The number of hydrogen-bond acceptors (Lipinski definition) is 3. The van der Waals surface area contributed by atoms with E-state index in [0.29, 0.717) is 18.5 Å². The second-order valence-corrected chi connectivity index (χ2v) is 5.27. The van der Waals surface area contributed by atoms with Crippen molar-refractivity contribution >= 4 is 17.5 Å². The number of benzene rings is 1. The summed E-state index contributed by atoms with van der Waals surface area (Å²) < 4.78 is 0. The van der Waals surface area contributed by atoms with Crippen molar-refractivity contribution in [2.24, 2.45) is 11.1 Å². The second-order valence-electron chi connectivity index (χ2n) is 5.27. The molecule has 0 saturated carbocycles. The van der Waals surface area contributed by atoms with Crippen LogP contribution in [0.3, 0.4) is 0 Å². The van der Waals surface area contributed by atoms with Gasteiger partial charge in [-0.3, -0.25) is 9.59 Å². The number of hydrogen-bond donors (Lipinski definition) is 3. The van der Waals surface area contributed by atoms with Gasteiger partial charge in [0, 0.05) is 18.7 Å². The number of nitrogen functional groups attached to an aromatic ring is 1. The molecule has 0 spiro atoms. The molecule has 0 heterocycles. The van der Waals surface area contributed by atoms with E-state index in [-0.39, 0.29) is 12.5 Å². The first-order valence-electron chi connectivity index (χ1n) is 6.22. The van der Waals surface area contributed by atoms with E-state index in [2.05, 4.69) is 5.32 Å². The van der Waals surface area contributed by atoms with Crippen LogP contribution in [0.4, 0.5) is 5.69 Å². The molecule has 1 rings (SSSR count). The molecule has 0 aliphatic rings. The van der Waals surface area contributed by atoms with E-state index in [4.69, 9.17) is 11.5 Å². The Bertz CT molecular complexity index is 452. The highest BCUT2D eigenvalue weighted by molar-refractivity contribution is 5.82. The maximum absolute atomic E-state index is 11.7. The molecule has 0 aliphatic carbocycles. The number of aryl methyl sites for hydroxylation is 1. The summed E-state index contributed by atoms with van der Waals surface area (Å²) in [6, 6.07) is 7.42. The number of primary amides is 1. The van der Waals surface area contributed by atoms with Gasteiger partial charge in [0.2, 0.25) is 11.8 Å². The highest BCUT2D eigenvalue weighted by Gasteiger charge is 2.25. The van der Waals surface area contributed by atoms with E-state index in [0.717, 1.165) is 5.56 Å². The van der Waals surface area contributed by atoms with Gasteiger partial charge < -0.3 is 16.8 Å². The Kier molecular flexibility index (Phi) is 4.92. The van der Waals surface area contributed by atoms with Gasteiger partial charge in [-0.25, -0.2) is 0 Å². The summed E-state index contributed by atoms with van der Waals surface area (Å²) in [5.74, 6) is -0.516. The first-order chi connectivity index (χ1) is 8.81. The molecule has 5 heteroatoms. The quantitative estimate of drug-likeness (QED) is 0.663. The largest absolute Gasteiger partial charge is 0.399 e. The zero-order valence-electron chi connectivity index (χ0n) is 11.4. The zero-order valence-corrected chi connectivity index (χ0v) is 11.4. The van der Waals surface area contributed by atoms with Gasteiger partial charge in [0.05, 0.1) is 5.41 Å². The fraction of sp³-hybridized carbons (Fsp3) is 0.429. The van der Waals surface area contributed by atoms with Gasteiger partial charge in [-0.05, 0) is 38.0 Å². The normalized spacial score (nSPS) is 11.1. The standard InChI is InChI=1S/C14H21N3O2/c1-14(2,13(16)19)9-17-12(18)8-5-10-3-6-11(15)7-4-10/h3-4,6-7H,5,8-9,15H2,1-2H3,(H2,16,19)(H,17,18). The van der Waals surface area contributed by atoms with Crippen molar-refractivity contribution in [2.75, 3.05) is 12.3 Å². The number of nitrogens with one attached hydrogen (secondary N) is 1. The van der Waals surface area contributed by atoms with Gasteiger partial charge >= 0.3 is 0 Å². The molecule has 0 fully saturated rings. The van der Waals surface area contributed by atoms with E-state index in [1.54, 1.807) is 13.8 Å². The third-order valence-corrected chi connectivity index (χ3v) is 3.01. The van der Waals surface area contributed by atoms with Crippen LogP contribution < -0.4 is 16.8 Å². The molecule has 0 unspecified atom stereocenters. The maximum Gasteiger partial charge on any atom is 0.224 e. The van der Waals surface area contributed by atoms with E-state index >= 15 is 0 Å². The van der Waals surface area contributed by atoms with Crippen LogP contribution in [0.5, 0.6) is 0 Å². The lowest BCUT2D eigenvalue weighted by Gasteiger charge is -2.20. The van der Waals surface area contributed by atoms with Crippen LogP contribution in [-0.2, 0) is 16.0 Å². The third-order valence-electron chi connectivity index (χ3n) is 3.01. The van der Waals surface area contributed by atoms with Crippen LogP contribution >= 0.6 is 0 Å². The van der Waals surface area contributed by atoms with Crippen LogP contribution in [0.2, 0.25) is 0 Å². The van der Waals surface area contributed by atoms with Crippen molar-refractivity contribution in [3.63, 3.8) is 0 Å². The maximum atomic E-state index is 11.7. The Morgan fingerprint density at radius 3 is 2.32 bits per heavy atom. The number of nitrogens with two attached hydrogens (primary N) is 2. The van der Waals surface area contributed by atoms with Crippen LogP contribution in [0, 0.1) is 5.41 Å². The van der Waals surface area contributed by atoms with Crippen molar-refractivity contribution in [3.05, 3.63) is 29.8 Å². The molecule has 1 aromatic carbocycles. The highest BCUT2D eigenvalue weighted by atomic mass is 16.2. The monoisotopic (exact) mass is 263 g/mol. The average molecular weight is 263 g/mol. The van der Waals surface area contributed by atoms with Crippen LogP contribution in [0.15, 0.2) is 24.3 Å². The zero-order chi connectivity index (χ0) is 14.5. The van der Waals surface area contributed by atoms with E-state index < -0.39 is 11.3 Å². The molecule has 0 aliphatic heterocycles. The second kappa shape index (κ2) is 6.22. The Balaban J connectivity index is 2.36. The van der Waals surface area contributed by atoms with Gasteiger partial charge in [-0.15, -0.1) is 0 Å². The number of amides is 2. The molecule has 1 aromatic rings. The fourth-order valence-electron chi connectivity index (χ4n) is 1.44. The molecule has 19 heavy (non-hydrogen) atoms. The summed E-state index contributed by atoms with van der Waals surface area (Å²) in [7, 11) is 0. The van der Waals surface area contributed by atoms with Gasteiger partial charge in [-0.1, -0.05) is 12.1 Å². The first-order valence-corrected chi connectivity index (χ1v) is 6.22. The third kappa shape index (κ3) is 4.99. The minimum Gasteiger partial charge on any atom is -0.399 e. The number of carbonyl (C=O) groups is 2. The molecule has 5 nitrogen and oxygen atoms in total. The molecule has 104 valence electrons. The van der Waals surface area contributed by atoms with Gasteiger partial charge in [0.25, 0.3) is 0 Å². The van der Waals surface area contributed by atoms with Crippen LogP contribution in [-0.4, -0.2) is 18.4 Å².